The van der Waals surface area contributed by atoms with E-state index in [4.69, 9.17) is 11.6 Å². The Labute approximate surface area is 154 Å². The Morgan fingerprint density at radius 1 is 1.04 bits per heavy atom. The van der Waals surface area contributed by atoms with Gasteiger partial charge >= 0.3 is 12.4 Å². The number of halogens is 4. The van der Waals surface area contributed by atoms with Gasteiger partial charge in [-0.3, -0.25) is 0 Å². The largest absolute Gasteiger partial charge is 0.573 e. The Morgan fingerprint density at radius 3 is 2.15 bits per heavy atom. The van der Waals surface area contributed by atoms with Crippen molar-refractivity contribution in [3.63, 3.8) is 0 Å². The summed E-state index contributed by atoms with van der Waals surface area (Å²) < 4.78 is 40.1. The molecule has 2 amide bonds. The maximum atomic E-state index is 12.1. The van der Waals surface area contributed by atoms with E-state index in [1.807, 2.05) is 26.0 Å². The van der Waals surface area contributed by atoms with Gasteiger partial charge in [0.1, 0.15) is 5.75 Å². The molecule has 140 valence electrons. The highest BCUT2D eigenvalue weighted by atomic mass is 35.5. The molecule has 0 spiro atoms. The van der Waals surface area contributed by atoms with E-state index >= 15 is 0 Å². The normalized spacial score (nSPS) is 11.8. The number of carbonyl (C=O) groups is 1. The summed E-state index contributed by atoms with van der Waals surface area (Å²) in [5, 5.41) is 5.93. The van der Waals surface area contributed by atoms with Gasteiger partial charge in [-0.15, -0.1) is 13.2 Å². The molecule has 0 aliphatic rings. The number of carbonyl (C=O) groups excluding carboxylic acids is 1. The summed E-state index contributed by atoms with van der Waals surface area (Å²) in [6.45, 7) is 4.30. The van der Waals surface area contributed by atoms with Gasteiger partial charge in [-0.1, -0.05) is 37.6 Å². The lowest BCUT2D eigenvalue weighted by Crippen LogP contribution is -2.38. The quantitative estimate of drug-likeness (QED) is 0.729. The van der Waals surface area contributed by atoms with Gasteiger partial charge in [-0.25, -0.2) is 4.79 Å². The van der Waals surface area contributed by atoms with Crippen LogP contribution in [0.15, 0.2) is 48.5 Å². The molecule has 26 heavy (non-hydrogen) atoms. The minimum absolute atomic E-state index is 0.327. The Balaban J connectivity index is 1.89. The van der Waals surface area contributed by atoms with Crippen molar-refractivity contribution in [3.8, 4) is 5.75 Å². The van der Waals surface area contributed by atoms with Gasteiger partial charge < -0.3 is 15.4 Å². The second-order valence-corrected chi connectivity index (χ2v) is 6.71. The first-order chi connectivity index (χ1) is 12.0. The van der Waals surface area contributed by atoms with Gasteiger partial charge in [0.05, 0.1) is 0 Å². The van der Waals surface area contributed by atoms with Crippen LogP contribution < -0.4 is 15.4 Å². The Hall–Kier alpha value is -2.41. The third-order valence-corrected chi connectivity index (χ3v) is 3.91. The number of urea groups is 1. The summed E-state index contributed by atoms with van der Waals surface area (Å²) in [4.78, 5) is 12.0. The molecular formula is C18H18ClF3N2O2. The number of ether oxygens (including phenoxy) is 1. The van der Waals surface area contributed by atoms with Gasteiger partial charge in [-0.2, -0.15) is 0 Å². The summed E-state index contributed by atoms with van der Waals surface area (Å²) >= 11 is 5.88. The van der Waals surface area contributed by atoms with E-state index in [0.717, 1.165) is 17.7 Å². The predicted molar refractivity (Wildman–Crippen MR) is 94.6 cm³/mol. The zero-order valence-corrected chi connectivity index (χ0v) is 14.9. The number of alkyl halides is 3. The molecule has 0 aromatic heterocycles. The van der Waals surface area contributed by atoms with Crippen molar-refractivity contribution in [1.82, 2.24) is 5.32 Å². The molecule has 0 heterocycles. The molecule has 0 bridgehead atoms. The summed E-state index contributed by atoms with van der Waals surface area (Å²) in [6.07, 6.45) is -4.75. The van der Waals surface area contributed by atoms with Gasteiger partial charge in [0, 0.05) is 22.7 Å². The number of benzene rings is 2. The molecule has 0 aliphatic heterocycles. The number of amides is 2. The molecule has 0 atom stereocenters. The molecule has 8 heteroatoms. The maximum absolute atomic E-state index is 12.1. The first-order valence-electron chi connectivity index (χ1n) is 7.72. The maximum Gasteiger partial charge on any atom is 0.573 e. The zero-order valence-electron chi connectivity index (χ0n) is 14.2. The van der Waals surface area contributed by atoms with Crippen molar-refractivity contribution in [2.24, 2.45) is 0 Å². The van der Waals surface area contributed by atoms with Crippen LogP contribution in [0.2, 0.25) is 5.02 Å². The lowest BCUT2D eigenvalue weighted by Gasteiger charge is -2.25. The average molecular weight is 387 g/mol. The van der Waals surface area contributed by atoms with Gasteiger partial charge in [0.25, 0.3) is 0 Å². The van der Waals surface area contributed by atoms with E-state index in [2.05, 4.69) is 15.4 Å². The fraction of sp³-hybridized carbons (Fsp3) is 0.278. The van der Waals surface area contributed by atoms with Gasteiger partial charge in [0.15, 0.2) is 0 Å². The van der Waals surface area contributed by atoms with Crippen LogP contribution in [-0.4, -0.2) is 18.9 Å². The number of nitrogens with one attached hydrogen (secondary N) is 2. The molecule has 2 rings (SSSR count). The lowest BCUT2D eigenvalue weighted by atomic mass is 9.85. The molecule has 0 saturated carbocycles. The van der Waals surface area contributed by atoms with E-state index in [9.17, 15) is 18.0 Å². The number of rotatable bonds is 5. The van der Waals surface area contributed by atoms with E-state index in [1.54, 1.807) is 12.1 Å². The number of anilines is 1. The second kappa shape index (κ2) is 7.86. The summed E-state index contributed by atoms with van der Waals surface area (Å²) in [5.41, 5.74) is 1.03. The lowest BCUT2D eigenvalue weighted by molar-refractivity contribution is -0.274. The minimum Gasteiger partial charge on any atom is -0.406 e. The topological polar surface area (TPSA) is 50.4 Å². The predicted octanol–water partition coefficient (Wildman–Crippen LogP) is 5.34. The molecule has 2 aromatic rings. The Bertz CT molecular complexity index is 745. The molecule has 0 fully saturated rings. The van der Waals surface area contributed by atoms with Gasteiger partial charge in [0.2, 0.25) is 0 Å². The van der Waals surface area contributed by atoms with Crippen molar-refractivity contribution < 1.29 is 22.7 Å². The van der Waals surface area contributed by atoms with E-state index < -0.39 is 12.4 Å². The zero-order chi connectivity index (χ0) is 19.4. The van der Waals surface area contributed by atoms with Crippen molar-refractivity contribution in [2.75, 3.05) is 11.9 Å². The third-order valence-electron chi connectivity index (χ3n) is 3.66. The SMILES string of the molecule is CC(C)(CNC(=O)Nc1ccc(OC(F)(F)F)cc1)c1ccc(Cl)cc1. The highest BCUT2D eigenvalue weighted by Crippen LogP contribution is 2.25. The van der Waals surface area contributed by atoms with Crippen LogP contribution in [0.5, 0.6) is 5.75 Å². The first-order valence-corrected chi connectivity index (χ1v) is 8.10. The second-order valence-electron chi connectivity index (χ2n) is 6.27. The van der Waals surface area contributed by atoms with Crippen molar-refractivity contribution >= 4 is 23.3 Å². The van der Waals surface area contributed by atoms with Crippen molar-refractivity contribution in [1.29, 1.82) is 0 Å². The van der Waals surface area contributed by atoms with Crippen molar-refractivity contribution in [3.05, 3.63) is 59.1 Å². The summed E-state index contributed by atoms with van der Waals surface area (Å²) in [5.74, 6) is -0.354. The fourth-order valence-electron chi connectivity index (χ4n) is 2.22. The summed E-state index contributed by atoms with van der Waals surface area (Å²) in [6, 6.07) is 11.8. The number of hydrogen-bond donors (Lipinski definition) is 2. The Morgan fingerprint density at radius 2 is 1.62 bits per heavy atom. The third kappa shape index (κ3) is 6.15. The van der Waals surface area contributed by atoms with Crippen LogP contribution in [0.4, 0.5) is 23.7 Å². The standard InChI is InChI=1S/C18H18ClF3N2O2/c1-17(2,12-3-5-13(19)6-4-12)11-23-16(25)24-14-7-9-15(10-8-14)26-18(20,21)22/h3-10H,11H2,1-2H3,(H2,23,24,25). The van der Waals surface area contributed by atoms with E-state index in [1.165, 1.54) is 12.1 Å². The minimum atomic E-state index is -4.75. The highest BCUT2D eigenvalue weighted by Gasteiger charge is 2.31. The van der Waals surface area contributed by atoms with Crippen LogP contribution in [0.1, 0.15) is 19.4 Å². The molecule has 0 aliphatic carbocycles. The highest BCUT2D eigenvalue weighted by molar-refractivity contribution is 6.30. The van der Waals surface area contributed by atoms with E-state index in [-0.39, 0.29) is 11.2 Å². The number of hydrogen-bond acceptors (Lipinski definition) is 2. The van der Waals surface area contributed by atoms with Crippen LogP contribution in [0, 0.1) is 0 Å². The van der Waals surface area contributed by atoms with Crippen molar-refractivity contribution in [2.45, 2.75) is 25.6 Å². The molecule has 2 N–H and O–H groups in total. The smallest absolute Gasteiger partial charge is 0.406 e. The molecule has 4 nitrogen and oxygen atoms in total. The van der Waals surface area contributed by atoms with Gasteiger partial charge in [-0.05, 0) is 42.0 Å². The van der Waals surface area contributed by atoms with E-state index in [0.29, 0.717) is 17.3 Å². The monoisotopic (exact) mass is 386 g/mol. The first kappa shape index (κ1) is 19.9. The van der Waals surface area contributed by atoms with Crippen LogP contribution in [0.3, 0.4) is 0 Å². The molecule has 0 saturated heterocycles. The molecule has 0 unspecified atom stereocenters. The molecule has 2 aromatic carbocycles. The average Bonchev–Trinajstić information content (AvgIpc) is 2.54. The van der Waals surface area contributed by atoms with Crippen LogP contribution >= 0.6 is 11.6 Å². The molecular weight excluding hydrogens is 369 g/mol. The van der Waals surface area contributed by atoms with Crippen LogP contribution in [-0.2, 0) is 5.41 Å². The Kier molecular flexibility index (Phi) is 6.02. The summed E-state index contributed by atoms with van der Waals surface area (Å²) in [7, 11) is 0. The fourth-order valence-corrected chi connectivity index (χ4v) is 2.35. The molecule has 0 radical (unpaired) electrons. The van der Waals surface area contributed by atoms with Crippen LogP contribution in [0.25, 0.3) is 0 Å².